The Hall–Kier alpha value is -1.69. The summed E-state index contributed by atoms with van der Waals surface area (Å²) in [6, 6.07) is 2.65. The number of nitrogens with zero attached hydrogens (tertiary/aromatic N) is 1. The molecule has 1 aliphatic heterocycles. The van der Waals surface area contributed by atoms with Gasteiger partial charge in [0.15, 0.2) is 0 Å². The van der Waals surface area contributed by atoms with Crippen LogP contribution in [0.25, 0.3) is 0 Å². The van der Waals surface area contributed by atoms with Gasteiger partial charge >= 0.3 is 6.03 Å². The molecule has 1 heterocycles. The Morgan fingerprint density at radius 1 is 1.41 bits per heavy atom. The Morgan fingerprint density at radius 2 is 2.18 bits per heavy atom. The summed E-state index contributed by atoms with van der Waals surface area (Å²) in [5, 5.41) is 2.89. The second kappa shape index (κ2) is 6.20. The van der Waals surface area contributed by atoms with Gasteiger partial charge in [-0.2, -0.15) is 0 Å². The van der Waals surface area contributed by atoms with E-state index < -0.39 is 17.7 Å². The highest BCUT2D eigenvalue weighted by Crippen LogP contribution is 2.42. The average Bonchev–Trinajstić information content (AvgIpc) is 3.32. The van der Waals surface area contributed by atoms with E-state index in [2.05, 4.69) is 5.32 Å². The lowest BCUT2D eigenvalue weighted by Crippen LogP contribution is -2.52. The molecule has 0 unspecified atom stereocenters. The SMILES string of the molecule is C[C@H]1COCCN1C(=O)N[C@@H](c1cc(F)ccc1F)C1CC1. The molecule has 0 bridgehead atoms. The average molecular weight is 310 g/mol. The summed E-state index contributed by atoms with van der Waals surface area (Å²) in [5.74, 6) is -0.790. The van der Waals surface area contributed by atoms with Crippen LogP contribution in [0.5, 0.6) is 0 Å². The molecule has 1 N–H and O–H groups in total. The first kappa shape index (κ1) is 15.2. The molecule has 120 valence electrons. The van der Waals surface area contributed by atoms with Crippen LogP contribution < -0.4 is 5.32 Å². The normalized spacial score (nSPS) is 23.2. The van der Waals surface area contributed by atoms with Crippen molar-refractivity contribution >= 4 is 6.03 Å². The Bertz CT molecular complexity index is 563. The molecule has 2 fully saturated rings. The molecule has 0 spiro atoms. The lowest BCUT2D eigenvalue weighted by atomic mass is 10.0. The summed E-state index contributed by atoms with van der Waals surface area (Å²) in [7, 11) is 0. The third-order valence-electron chi connectivity index (χ3n) is 4.29. The number of morpholine rings is 1. The van der Waals surface area contributed by atoms with E-state index in [1.54, 1.807) is 4.90 Å². The van der Waals surface area contributed by atoms with Gasteiger partial charge in [0, 0.05) is 12.1 Å². The molecule has 2 aliphatic rings. The number of carbonyl (C=O) groups excluding carboxylic acids is 1. The van der Waals surface area contributed by atoms with Crippen LogP contribution in [-0.4, -0.2) is 36.7 Å². The molecule has 4 nitrogen and oxygen atoms in total. The van der Waals surface area contributed by atoms with Crippen molar-refractivity contribution in [1.82, 2.24) is 10.2 Å². The van der Waals surface area contributed by atoms with Crippen LogP contribution in [0.3, 0.4) is 0 Å². The van der Waals surface area contributed by atoms with Crippen molar-refractivity contribution in [3.8, 4) is 0 Å². The first-order chi connectivity index (χ1) is 10.6. The first-order valence-electron chi connectivity index (χ1n) is 7.66. The lowest BCUT2D eigenvalue weighted by molar-refractivity contribution is 0.0182. The monoisotopic (exact) mass is 310 g/mol. The molecule has 1 aromatic carbocycles. The molecule has 1 aliphatic carbocycles. The van der Waals surface area contributed by atoms with Crippen LogP contribution in [0.1, 0.15) is 31.4 Å². The van der Waals surface area contributed by atoms with Gasteiger partial charge in [0.1, 0.15) is 11.6 Å². The van der Waals surface area contributed by atoms with Gasteiger partial charge in [-0.1, -0.05) is 0 Å². The standard InChI is InChI=1S/C16H20F2N2O2/c1-10-9-22-7-6-20(10)16(21)19-15(11-2-3-11)13-8-12(17)4-5-14(13)18/h4-5,8,10-11,15H,2-3,6-7,9H2,1H3,(H,19,21)/t10-,15+/m0/s1. The van der Waals surface area contributed by atoms with Crippen molar-refractivity contribution in [2.75, 3.05) is 19.8 Å². The molecule has 1 saturated heterocycles. The van der Waals surface area contributed by atoms with E-state index in [0.29, 0.717) is 19.8 Å². The van der Waals surface area contributed by atoms with Crippen LogP contribution in [0, 0.1) is 17.6 Å². The minimum absolute atomic E-state index is 0.0223. The maximum atomic E-state index is 14.0. The van der Waals surface area contributed by atoms with E-state index in [1.165, 1.54) is 6.07 Å². The molecule has 6 heteroatoms. The number of hydrogen-bond donors (Lipinski definition) is 1. The summed E-state index contributed by atoms with van der Waals surface area (Å²) in [6.07, 6.45) is 1.83. The van der Waals surface area contributed by atoms with Crippen LogP contribution in [0.15, 0.2) is 18.2 Å². The van der Waals surface area contributed by atoms with Gasteiger partial charge in [-0.3, -0.25) is 0 Å². The van der Waals surface area contributed by atoms with E-state index >= 15 is 0 Å². The van der Waals surface area contributed by atoms with E-state index in [0.717, 1.165) is 25.0 Å². The number of ether oxygens (including phenoxy) is 1. The highest BCUT2D eigenvalue weighted by molar-refractivity contribution is 5.75. The molecule has 0 aromatic heterocycles. The van der Waals surface area contributed by atoms with Gasteiger partial charge < -0.3 is 15.0 Å². The predicted molar refractivity (Wildman–Crippen MR) is 77.3 cm³/mol. The molecule has 2 amide bonds. The van der Waals surface area contributed by atoms with Crippen molar-refractivity contribution in [2.45, 2.75) is 31.8 Å². The number of rotatable bonds is 3. The Kier molecular flexibility index (Phi) is 4.29. The van der Waals surface area contributed by atoms with Gasteiger partial charge in [-0.25, -0.2) is 13.6 Å². The largest absolute Gasteiger partial charge is 0.377 e. The molecule has 22 heavy (non-hydrogen) atoms. The summed E-state index contributed by atoms with van der Waals surface area (Å²) in [5.41, 5.74) is 0.233. The van der Waals surface area contributed by atoms with E-state index in [1.807, 2.05) is 6.92 Å². The third-order valence-corrected chi connectivity index (χ3v) is 4.29. The number of carbonyl (C=O) groups is 1. The van der Waals surface area contributed by atoms with Crippen molar-refractivity contribution in [2.24, 2.45) is 5.92 Å². The number of benzene rings is 1. The van der Waals surface area contributed by atoms with Crippen molar-refractivity contribution in [3.63, 3.8) is 0 Å². The maximum absolute atomic E-state index is 14.0. The number of nitrogens with one attached hydrogen (secondary N) is 1. The van der Waals surface area contributed by atoms with Gasteiger partial charge in [0.25, 0.3) is 0 Å². The van der Waals surface area contributed by atoms with E-state index in [4.69, 9.17) is 4.74 Å². The van der Waals surface area contributed by atoms with Crippen LogP contribution in [0.4, 0.5) is 13.6 Å². The minimum Gasteiger partial charge on any atom is -0.377 e. The fraction of sp³-hybridized carbons (Fsp3) is 0.562. The zero-order valence-electron chi connectivity index (χ0n) is 12.5. The van der Waals surface area contributed by atoms with Crippen LogP contribution in [0.2, 0.25) is 0 Å². The van der Waals surface area contributed by atoms with Crippen molar-refractivity contribution < 1.29 is 18.3 Å². The van der Waals surface area contributed by atoms with Crippen LogP contribution >= 0.6 is 0 Å². The van der Waals surface area contributed by atoms with E-state index in [9.17, 15) is 13.6 Å². The molecular formula is C16H20F2N2O2. The summed E-state index contributed by atoms with van der Waals surface area (Å²) >= 11 is 0. The molecular weight excluding hydrogens is 290 g/mol. The smallest absolute Gasteiger partial charge is 0.318 e. The Balaban J connectivity index is 1.77. The summed E-state index contributed by atoms with van der Waals surface area (Å²) in [6.45, 7) is 3.42. The topological polar surface area (TPSA) is 41.6 Å². The molecule has 0 radical (unpaired) electrons. The second-order valence-electron chi connectivity index (χ2n) is 6.05. The molecule has 3 rings (SSSR count). The first-order valence-corrected chi connectivity index (χ1v) is 7.66. The zero-order chi connectivity index (χ0) is 15.7. The second-order valence-corrected chi connectivity index (χ2v) is 6.05. The van der Waals surface area contributed by atoms with Crippen molar-refractivity contribution in [1.29, 1.82) is 0 Å². The number of halogens is 2. The zero-order valence-corrected chi connectivity index (χ0v) is 12.5. The van der Waals surface area contributed by atoms with Gasteiger partial charge in [0.2, 0.25) is 0 Å². The molecule has 2 atom stereocenters. The third kappa shape index (κ3) is 3.21. The number of urea groups is 1. The molecule has 1 aromatic rings. The van der Waals surface area contributed by atoms with Crippen LogP contribution in [-0.2, 0) is 4.74 Å². The van der Waals surface area contributed by atoms with Gasteiger partial charge in [0.05, 0.1) is 25.3 Å². The predicted octanol–water partition coefficient (Wildman–Crippen LogP) is 2.85. The van der Waals surface area contributed by atoms with Gasteiger partial charge in [-0.15, -0.1) is 0 Å². The summed E-state index contributed by atoms with van der Waals surface area (Å²) < 4.78 is 32.8. The summed E-state index contributed by atoms with van der Waals surface area (Å²) in [4.78, 5) is 14.2. The van der Waals surface area contributed by atoms with Gasteiger partial charge in [-0.05, 0) is 43.9 Å². The highest BCUT2D eigenvalue weighted by Gasteiger charge is 2.36. The Labute approximate surface area is 128 Å². The number of hydrogen-bond acceptors (Lipinski definition) is 2. The fourth-order valence-corrected chi connectivity index (χ4v) is 2.88. The van der Waals surface area contributed by atoms with E-state index in [-0.39, 0.29) is 23.6 Å². The minimum atomic E-state index is -0.490. The highest BCUT2D eigenvalue weighted by atomic mass is 19.1. The Morgan fingerprint density at radius 3 is 2.86 bits per heavy atom. The quantitative estimate of drug-likeness (QED) is 0.933. The molecule has 1 saturated carbocycles. The van der Waals surface area contributed by atoms with Crippen molar-refractivity contribution in [3.05, 3.63) is 35.4 Å². The number of amides is 2. The maximum Gasteiger partial charge on any atom is 0.318 e. The lowest BCUT2D eigenvalue weighted by Gasteiger charge is -2.34. The fourth-order valence-electron chi connectivity index (χ4n) is 2.88.